The summed E-state index contributed by atoms with van der Waals surface area (Å²) in [5.41, 5.74) is 2.11. The molecule has 0 aliphatic carbocycles. The van der Waals surface area contributed by atoms with Crippen molar-refractivity contribution in [2.45, 2.75) is 25.7 Å². The van der Waals surface area contributed by atoms with Crippen molar-refractivity contribution in [3.8, 4) is 0 Å². The number of hydrogen-bond acceptors (Lipinski definition) is 5. The molecule has 0 bridgehead atoms. The highest BCUT2D eigenvalue weighted by Crippen LogP contribution is 2.26. The van der Waals surface area contributed by atoms with E-state index >= 15 is 0 Å². The summed E-state index contributed by atoms with van der Waals surface area (Å²) in [6.45, 7) is 4.64. The smallest absolute Gasteiger partial charge is 0.273 e. The number of benzene rings is 2. The zero-order chi connectivity index (χ0) is 20.4. The Hall–Kier alpha value is -2.78. The van der Waals surface area contributed by atoms with Crippen molar-refractivity contribution in [1.29, 1.82) is 0 Å². The monoisotopic (exact) mass is 391 g/mol. The number of nitrogens with zero attached hydrogens (tertiary/aromatic N) is 2. The number of hydrogen-bond donors (Lipinski definition) is 1. The van der Waals surface area contributed by atoms with Gasteiger partial charge in [-0.25, -0.2) is 8.42 Å². The molecule has 27 heavy (non-hydrogen) atoms. The van der Waals surface area contributed by atoms with Crippen LogP contribution >= 0.6 is 0 Å². The van der Waals surface area contributed by atoms with Crippen LogP contribution in [0.25, 0.3) is 0 Å². The second kappa shape index (κ2) is 7.85. The molecular formula is C18H21N3O5S. The van der Waals surface area contributed by atoms with E-state index in [1.54, 1.807) is 0 Å². The molecule has 2 rings (SSSR count). The number of carbonyl (C=O) groups excluding carboxylic acids is 1. The van der Waals surface area contributed by atoms with Gasteiger partial charge >= 0.3 is 0 Å². The molecule has 0 fully saturated rings. The second-order valence-corrected chi connectivity index (χ2v) is 8.25. The van der Waals surface area contributed by atoms with Crippen LogP contribution in [-0.2, 0) is 14.8 Å². The quantitative estimate of drug-likeness (QED) is 0.601. The maximum absolute atomic E-state index is 12.8. The van der Waals surface area contributed by atoms with Crippen molar-refractivity contribution in [3.05, 3.63) is 63.2 Å². The molecule has 0 saturated carbocycles. The van der Waals surface area contributed by atoms with E-state index in [0.717, 1.165) is 15.4 Å². The van der Waals surface area contributed by atoms with Crippen molar-refractivity contribution in [2.75, 3.05) is 18.9 Å². The fourth-order valence-electron chi connectivity index (χ4n) is 2.73. The molecule has 0 aliphatic heterocycles. The summed E-state index contributed by atoms with van der Waals surface area (Å²) in [4.78, 5) is 22.6. The lowest BCUT2D eigenvalue weighted by Crippen LogP contribution is -2.35. The van der Waals surface area contributed by atoms with Gasteiger partial charge in [0, 0.05) is 24.4 Å². The average Bonchev–Trinajstić information content (AvgIpc) is 2.58. The van der Waals surface area contributed by atoms with E-state index in [2.05, 4.69) is 5.32 Å². The van der Waals surface area contributed by atoms with Crippen LogP contribution in [0.3, 0.4) is 0 Å². The van der Waals surface area contributed by atoms with E-state index < -0.39 is 27.4 Å². The molecule has 8 nitrogen and oxygen atoms in total. The molecule has 9 heteroatoms. The van der Waals surface area contributed by atoms with Gasteiger partial charge in [0.25, 0.3) is 5.69 Å². The Bertz CT molecular complexity index is 982. The van der Waals surface area contributed by atoms with Crippen LogP contribution in [0, 0.1) is 30.9 Å². The number of nitro benzene ring substituents is 1. The first-order valence-electron chi connectivity index (χ1n) is 8.12. The minimum Gasteiger partial charge on any atom is -0.324 e. The molecule has 1 N–H and O–H groups in total. The van der Waals surface area contributed by atoms with Crippen LogP contribution in [0.15, 0.2) is 41.3 Å². The number of anilines is 1. The van der Waals surface area contributed by atoms with Crippen LogP contribution in [-0.4, -0.2) is 37.1 Å². The Morgan fingerprint density at radius 2 is 1.67 bits per heavy atom. The van der Waals surface area contributed by atoms with Crippen LogP contribution in [0.4, 0.5) is 11.4 Å². The van der Waals surface area contributed by atoms with Crippen LogP contribution in [0.1, 0.15) is 16.7 Å². The van der Waals surface area contributed by atoms with Gasteiger partial charge in [0.2, 0.25) is 15.9 Å². The van der Waals surface area contributed by atoms with Crippen LogP contribution < -0.4 is 5.32 Å². The first kappa shape index (κ1) is 20.5. The van der Waals surface area contributed by atoms with Gasteiger partial charge in [-0.3, -0.25) is 14.9 Å². The predicted molar refractivity (Wildman–Crippen MR) is 102 cm³/mol. The number of carbonyl (C=O) groups is 1. The molecule has 2 aromatic carbocycles. The molecule has 0 unspecified atom stereocenters. The number of nitrogens with one attached hydrogen (secondary N) is 1. The maximum Gasteiger partial charge on any atom is 0.273 e. The van der Waals surface area contributed by atoms with Gasteiger partial charge in [-0.15, -0.1) is 0 Å². The Balaban J connectivity index is 2.24. The minimum absolute atomic E-state index is 0.0320. The van der Waals surface area contributed by atoms with Crippen molar-refractivity contribution < 1.29 is 18.1 Å². The maximum atomic E-state index is 12.8. The van der Waals surface area contributed by atoms with E-state index in [9.17, 15) is 23.3 Å². The molecule has 144 valence electrons. The summed E-state index contributed by atoms with van der Waals surface area (Å²) in [6.07, 6.45) is 0. The van der Waals surface area contributed by atoms with Gasteiger partial charge in [-0.05, 0) is 38.0 Å². The van der Waals surface area contributed by atoms with Gasteiger partial charge in [0.1, 0.15) is 0 Å². The highest BCUT2D eigenvalue weighted by molar-refractivity contribution is 7.89. The largest absolute Gasteiger partial charge is 0.324 e. The highest BCUT2D eigenvalue weighted by Gasteiger charge is 2.28. The fourth-order valence-corrected chi connectivity index (χ4v) is 4.09. The third-order valence-corrected chi connectivity index (χ3v) is 6.20. The van der Waals surface area contributed by atoms with Crippen LogP contribution in [0.5, 0.6) is 0 Å². The number of amides is 1. The summed E-state index contributed by atoms with van der Waals surface area (Å²) in [7, 11) is -2.80. The molecule has 2 aromatic rings. The Morgan fingerprint density at radius 3 is 2.22 bits per heavy atom. The number of aryl methyl sites for hydroxylation is 2. The zero-order valence-corrected chi connectivity index (χ0v) is 16.3. The Morgan fingerprint density at radius 1 is 1.11 bits per heavy atom. The summed E-state index contributed by atoms with van der Waals surface area (Å²) in [5, 5.41) is 13.8. The summed E-state index contributed by atoms with van der Waals surface area (Å²) >= 11 is 0. The topological polar surface area (TPSA) is 110 Å². The van der Waals surface area contributed by atoms with Gasteiger partial charge in [-0.2, -0.15) is 4.31 Å². The molecule has 0 aliphatic rings. The molecule has 0 atom stereocenters. The molecule has 1 amide bonds. The van der Waals surface area contributed by atoms with E-state index in [1.807, 2.05) is 32.0 Å². The lowest BCUT2D eigenvalue weighted by molar-refractivity contribution is -0.385. The van der Waals surface area contributed by atoms with Crippen molar-refractivity contribution in [2.24, 2.45) is 0 Å². The number of rotatable bonds is 6. The first-order valence-corrected chi connectivity index (χ1v) is 9.56. The number of likely N-dealkylation sites (N-methyl/N-ethyl adjacent to an activating group) is 1. The summed E-state index contributed by atoms with van der Waals surface area (Å²) in [6, 6.07) is 9.38. The van der Waals surface area contributed by atoms with E-state index in [-0.39, 0.29) is 16.1 Å². The van der Waals surface area contributed by atoms with Gasteiger partial charge in [0.15, 0.2) is 0 Å². The van der Waals surface area contributed by atoms with E-state index in [0.29, 0.717) is 5.69 Å². The SMILES string of the molecule is Cc1cccc(C)c1NC(=O)CN(C)S(=O)(=O)c1cccc([N+](=O)[O-])c1C. The predicted octanol–water partition coefficient (Wildman–Crippen LogP) is 2.78. The van der Waals surface area contributed by atoms with Gasteiger partial charge in [-0.1, -0.05) is 24.3 Å². The highest BCUT2D eigenvalue weighted by atomic mass is 32.2. The van der Waals surface area contributed by atoms with Crippen molar-refractivity contribution in [1.82, 2.24) is 4.31 Å². The lowest BCUT2D eigenvalue weighted by Gasteiger charge is -2.19. The number of sulfonamides is 1. The fraction of sp³-hybridized carbons (Fsp3) is 0.278. The summed E-state index contributed by atoms with van der Waals surface area (Å²) in [5.74, 6) is -0.499. The normalized spacial score (nSPS) is 11.4. The molecular weight excluding hydrogens is 370 g/mol. The van der Waals surface area contributed by atoms with Crippen molar-refractivity contribution >= 4 is 27.3 Å². The Labute approximate surface area is 158 Å². The van der Waals surface area contributed by atoms with Crippen LogP contribution in [0.2, 0.25) is 0 Å². The minimum atomic E-state index is -4.07. The van der Waals surface area contributed by atoms with Gasteiger partial charge in [0.05, 0.1) is 16.4 Å². The Kier molecular flexibility index (Phi) is 5.97. The first-order chi connectivity index (χ1) is 12.6. The van der Waals surface area contributed by atoms with E-state index in [4.69, 9.17) is 0 Å². The van der Waals surface area contributed by atoms with Gasteiger partial charge < -0.3 is 5.32 Å². The van der Waals surface area contributed by atoms with Crippen molar-refractivity contribution in [3.63, 3.8) is 0 Å². The van der Waals surface area contributed by atoms with E-state index in [1.165, 1.54) is 32.2 Å². The molecule has 0 aromatic heterocycles. The lowest BCUT2D eigenvalue weighted by atomic mass is 10.1. The standard InChI is InChI=1S/C18H21N3O5S/c1-12-7-5-8-13(2)18(12)19-17(22)11-20(4)27(25,26)16-10-6-9-15(14(16)3)21(23)24/h5-10H,11H2,1-4H3,(H,19,22). The number of para-hydroxylation sites is 1. The third-order valence-electron chi connectivity index (χ3n) is 4.25. The molecule has 0 radical (unpaired) electrons. The summed E-state index contributed by atoms with van der Waals surface area (Å²) < 4.78 is 26.4. The zero-order valence-electron chi connectivity index (χ0n) is 15.5. The third kappa shape index (κ3) is 4.32. The number of nitro groups is 1. The average molecular weight is 391 g/mol. The molecule has 0 heterocycles. The molecule has 0 saturated heterocycles. The molecule has 0 spiro atoms. The second-order valence-electron chi connectivity index (χ2n) is 6.23.